The first-order valence-corrected chi connectivity index (χ1v) is 11.1. The summed E-state index contributed by atoms with van der Waals surface area (Å²) in [7, 11) is 0. The third-order valence-electron chi connectivity index (χ3n) is 4.27. The Bertz CT molecular complexity index is 1240. The van der Waals surface area contributed by atoms with Crippen LogP contribution in [-0.4, -0.2) is 26.6 Å². The number of carbonyl (C=O) groups is 2. The number of rotatable bonds is 6. The van der Waals surface area contributed by atoms with Crippen molar-refractivity contribution >= 4 is 61.5 Å². The number of thiophene rings is 1. The SMILES string of the molecule is CC(=O)Nc1nc(COC(=O)c2cc3c(C)nn(Cc4ccccc4Cl)c3s2)cs1. The molecular weight excluding hydrogens is 444 g/mol. The van der Waals surface area contributed by atoms with Gasteiger partial charge >= 0.3 is 5.97 Å². The van der Waals surface area contributed by atoms with Gasteiger partial charge in [0.1, 0.15) is 16.3 Å². The number of hydrogen-bond acceptors (Lipinski definition) is 7. The van der Waals surface area contributed by atoms with Gasteiger partial charge in [0.2, 0.25) is 5.91 Å². The van der Waals surface area contributed by atoms with Gasteiger partial charge in [0, 0.05) is 22.7 Å². The summed E-state index contributed by atoms with van der Waals surface area (Å²) in [6.07, 6.45) is 0. The van der Waals surface area contributed by atoms with Crippen molar-refractivity contribution in [2.24, 2.45) is 0 Å². The number of ether oxygens (including phenoxy) is 1. The number of benzene rings is 1. The molecule has 0 radical (unpaired) electrons. The normalized spacial score (nSPS) is 11.0. The molecule has 0 unspecified atom stereocenters. The first kappa shape index (κ1) is 20.5. The van der Waals surface area contributed by atoms with Crippen LogP contribution in [0.3, 0.4) is 0 Å². The highest BCUT2D eigenvalue weighted by Gasteiger charge is 2.18. The molecule has 3 heterocycles. The van der Waals surface area contributed by atoms with Crippen LogP contribution in [0.5, 0.6) is 0 Å². The summed E-state index contributed by atoms with van der Waals surface area (Å²) in [6.45, 7) is 3.88. The molecule has 0 aliphatic heterocycles. The molecule has 0 saturated carbocycles. The number of fused-ring (bicyclic) bond motifs is 1. The minimum atomic E-state index is -0.422. The van der Waals surface area contributed by atoms with Crippen LogP contribution in [0.15, 0.2) is 35.7 Å². The number of carbonyl (C=O) groups excluding carboxylic acids is 2. The maximum atomic E-state index is 12.5. The smallest absolute Gasteiger partial charge is 0.348 e. The molecule has 0 spiro atoms. The zero-order chi connectivity index (χ0) is 21.3. The van der Waals surface area contributed by atoms with E-state index in [9.17, 15) is 9.59 Å². The minimum absolute atomic E-state index is 0.0356. The first-order chi connectivity index (χ1) is 14.4. The van der Waals surface area contributed by atoms with Gasteiger partial charge in [-0.25, -0.2) is 9.78 Å². The summed E-state index contributed by atoms with van der Waals surface area (Å²) in [5.74, 6) is -0.617. The molecule has 154 valence electrons. The van der Waals surface area contributed by atoms with Crippen LogP contribution < -0.4 is 5.32 Å². The van der Waals surface area contributed by atoms with Crippen LogP contribution >= 0.6 is 34.3 Å². The molecule has 10 heteroatoms. The second-order valence-electron chi connectivity index (χ2n) is 6.57. The zero-order valence-corrected chi connectivity index (χ0v) is 18.5. The predicted molar refractivity (Wildman–Crippen MR) is 118 cm³/mol. The average molecular weight is 461 g/mol. The van der Waals surface area contributed by atoms with Gasteiger partial charge in [-0.3, -0.25) is 9.48 Å². The molecule has 1 amide bonds. The van der Waals surface area contributed by atoms with E-state index >= 15 is 0 Å². The Morgan fingerprint density at radius 2 is 2.10 bits per heavy atom. The van der Waals surface area contributed by atoms with Crippen molar-refractivity contribution in [3.8, 4) is 0 Å². The maximum absolute atomic E-state index is 12.5. The number of amides is 1. The lowest BCUT2D eigenvalue weighted by molar-refractivity contribution is -0.114. The molecule has 0 aliphatic rings. The number of esters is 1. The molecule has 1 N–H and O–H groups in total. The van der Waals surface area contributed by atoms with Crippen molar-refractivity contribution in [2.45, 2.75) is 27.0 Å². The highest BCUT2D eigenvalue weighted by Crippen LogP contribution is 2.30. The Labute approximate surface area is 185 Å². The van der Waals surface area contributed by atoms with E-state index in [4.69, 9.17) is 16.3 Å². The Balaban J connectivity index is 1.49. The first-order valence-electron chi connectivity index (χ1n) is 9.00. The highest BCUT2D eigenvalue weighted by atomic mass is 35.5. The lowest BCUT2D eigenvalue weighted by Gasteiger charge is -2.05. The van der Waals surface area contributed by atoms with E-state index in [1.807, 2.05) is 35.9 Å². The van der Waals surface area contributed by atoms with Crippen molar-refractivity contribution in [2.75, 3.05) is 5.32 Å². The fourth-order valence-corrected chi connectivity index (χ4v) is 4.89. The molecule has 4 rings (SSSR count). The number of nitrogens with one attached hydrogen (secondary N) is 1. The van der Waals surface area contributed by atoms with Crippen molar-refractivity contribution in [1.29, 1.82) is 0 Å². The molecule has 3 aromatic heterocycles. The van der Waals surface area contributed by atoms with Crippen molar-refractivity contribution in [1.82, 2.24) is 14.8 Å². The largest absolute Gasteiger partial charge is 0.455 e. The number of hydrogen-bond donors (Lipinski definition) is 1. The molecule has 30 heavy (non-hydrogen) atoms. The third kappa shape index (κ3) is 4.38. The van der Waals surface area contributed by atoms with E-state index in [1.54, 1.807) is 11.4 Å². The number of halogens is 1. The van der Waals surface area contributed by atoms with Crippen molar-refractivity contribution < 1.29 is 14.3 Å². The fourth-order valence-electron chi connectivity index (χ4n) is 2.90. The third-order valence-corrected chi connectivity index (χ3v) is 6.58. The molecule has 1 aromatic carbocycles. The topological polar surface area (TPSA) is 86.1 Å². The number of aromatic nitrogens is 3. The Hall–Kier alpha value is -2.75. The minimum Gasteiger partial charge on any atom is -0.455 e. The highest BCUT2D eigenvalue weighted by molar-refractivity contribution is 7.20. The summed E-state index contributed by atoms with van der Waals surface area (Å²) in [5, 5.41) is 11.0. The summed E-state index contributed by atoms with van der Waals surface area (Å²) >= 11 is 8.89. The summed E-state index contributed by atoms with van der Waals surface area (Å²) < 4.78 is 7.26. The molecule has 4 aromatic rings. The Kier molecular flexibility index (Phi) is 5.85. The number of thiazole rings is 1. The molecule has 0 fully saturated rings. The van der Waals surface area contributed by atoms with Gasteiger partial charge in [-0.15, -0.1) is 22.7 Å². The molecule has 0 atom stereocenters. The van der Waals surface area contributed by atoms with Gasteiger partial charge in [0.25, 0.3) is 0 Å². The molecule has 0 bridgehead atoms. The standard InChI is InChI=1S/C20H17ClN4O3S2/c1-11-15-7-17(19(27)28-9-14-10-29-20(23-14)22-12(2)26)30-18(15)25(24-11)8-13-5-3-4-6-16(13)21/h3-7,10H,8-9H2,1-2H3,(H,22,23,26). The lowest BCUT2D eigenvalue weighted by Crippen LogP contribution is -2.06. The van der Waals surface area contributed by atoms with Crippen LogP contribution in [0, 0.1) is 6.92 Å². The van der Waals surface area contributed by atoms with Crippen molar-refractivity contribution in [3.05, 3.63) is 62.6 Å². The van der Waals surface area contributed by atoms with Gasteiger partial charge in [0.05, 0.1) is 17.9 Å². The van der Waals surface area contributed by atoms with E-state index in [2.05, 4.69) is 15.4 Å². The van der Waals surface area contributed by atoms with Gasteiger partial charge in [-0.1, -0.05) is 29.8 Å². The Morgan fingerprint density at radius 3 is 2.87 bits per heavy atom. The number of nitrogens with zero attached hydrogens (tertiary/aromatic N) is 3. The molecule has 0 aliphatic carbocycles. The Morgan fingerprint density at radius 1 is 1.30 bits per heavy atom. The van der Waals surface area contributed by atoms with Crippen LogP contribution in [0.1, 0.15) is 33.5 Å². The van der Waals surface area contributed by atoms with Gasteiger partial charge < -0.3 is 10.1 Å². The average Bonchev–Trinajstić information content (AvgIpc) is 3.39. The van der Waals surface area contributed by atoms with Crippen LogP contribution in [0.4, 0.5) is 5.13 Å². The van der Waals surface area contributed by atoms with Gasteiger partial charge in [-0.2, -0.15) is 5.10 Å². The van der Waals surface area contributed by atoms with E-state index in [-0.39, 0.29) is 12.5 Å². The number of anilines is 1. The predicted octanol–water partition coefficient (Wildman–Crippen LogP) is 4.88. The second-order valence-corrected chi connectivity index (χ2v) is 8.86. The van der Waals surface area contributed by atoms with Crippen LogP contribution in [0.25, 0.3) is 10.2 Å². The van der Waals surface area contributed by atoms with E-state index < -0.39 is 5.97 Å². The van der Waals surface area contributed by atoms with E-state index in [1.165, 1.54) is 29.6 Å². The molecule has 7 nitrogen and oxygen atoms in total. The molecular formula is C20H17ClN4O3S2. The van der Waals surface area contributed by atoms with Gasteiger partial charge in [0.15, 0.2) is 5.13 Å². The second kappa shape index (κ2) is 8.55. The van der Waals surface area contributed by atoms with Crippen LogP contribution in [-0.2, 0) is 22.7 Å². The van der Waals surface area contributed by atoms with Crippen molar-refractivity contribution in [3.63, 3.8) is 0 Å². The summed E-state index contributed by atoms with van der Waals surface area (Å²) in [6, 6.07) is 9.42. The zero-order valence-electron chi connectivity index (χ0n) is 16.1. The van der Waals surface area contributed by atoms with Crippen LogP contribution in [0.2, 0.25) is 5.02 Å². The monoisotopic (exact) mass is 460 g/mol. The van der Waals surface area contributed by atoms with E-state index in [0.29, 0.717) is 27.3 Å². The number of aryl methyl sites for hydroxylation is 1. The summed E-state index contributed by atoms with van der Waals surface area (Å²) in [4.78, 5) is 29.2. The van der Waals surface area contributed by atoms with Gasteiger partial charge in [-0.05, 0) is 24.6 Å². The molecule has 0 saturated heterocycles. The maximum Gasteiger partial charge on any atom is 0.348 e. The lowest BCUT2D eigenvalue weighted by atomic mass is 10.2. The van der Waals surface area contributed by atoms with E-state index in [0.717, 1.165) is 21.5 Å². The fraction of sp³-hybridized carbons (Fsp3) is 0.200. The quantitative estimate of drug-likeness (QED) is 0.414. The summed E-state index contributed by atoms with van der Waals surface area (Å²) in [5.41, 5.74) is 2.38.